The maximum absolute atomic E-state index is 12.5. The first-order chi connectivity index (χ1) is 16.3. The minimum absolute atomic E-state index is 0.0408. The third-order valence-corrected chi connectivity index (χ3v) is 3.92. The normalized spacial score (nSPS) is 12.5. The van der Waals surface area contributed by atoms with Gasteiger partial charge in [-0.25, -0.2) is 10.7 Å². The highest BCUT2D eigenvalue weighted by atomic mass is 19.4. The van der Waals surface area contributed by atoms with Gasteiger partial charge in [-0.3, -0.25) is 0 Å². The molecular weight excluding hydrogens is 482 g/mol. The lowest BCUT2D eigenvalue weighted by molar-refractivity contribution is -0.138. The number of benzene rings is 2. The molecule has 0 amide bonds. The fourth-order valence-corrected chi connectivity index (χ4v) is 2.28. The molecule has 0 aliphatic heterocycles. The zero-order valence-corrected chi connectivity index (χ0v) is 18.3. The van der Waals surface area contributed by atoms with Gasteiger partial charge in [0.05, 0.1) is 17.7 Å². The van der Waals surface area contributed by atoms with Gasteiger partial charge in [0.1, 0.15) is 6.61 Å². The topological polar surface area (TPSA) is 94.1 Å². The Morgan fingerprint density at radius 1 is 0.914 bits per heavy atom. The molecule has 0 radical (unpaired) electrons. The molecule has 2 aromatic carbocycles. The number of halogens is 6. The second-order valence-electron chi connectivity index (χ2n) is 6.66. The van der Waals surface area contributed by atoms with Gasteiger partial charge in [0.15, 0.2) is 5.71 Å². The van der Waals surface area contributed by atoms with Crippen molar-refractivity contribution in [3.05, 3.63) is 82.9 Å². The van der Waals surface area contributed by atoms with E-state index in [1.165, 1.54) is 49.4 Å². The quantitative estimate of drug-likeness (QED) is 0.205. The number of carboxylic acid groups (broad SMARTS) is 1. The fourth-order valence-electron chi connectivity index (χ4n) is 2.28. The molecule has 6 nitrogen and oxygen atoms in total. The van der Waals surface area contributed by atoms with E-state index in [2.05, 4.69) is 14.8 Å². The van der Waals surface area contributed by atoms with Gasteiger partial charge in [0.2, 0.25) is 0 Å². The lowest BCUT2D eigenvalue weighted by Crippen LogP contribution is -2.08. The van der Waals surface area contributed by atoms with Crippen molar-refractivity contribution in [1.82, 2.24) is 0 Å². The lowest BCUT2D eigenvalue weighted by Gasteiger charge is -2.06. The summed E-state index contributed by atoms with van der Waals surface area (Å²) in [5, 5.41) is 11.8. The molecule has 0 saturated carbocycles. The molecule has 12 heteroatoms. The van der Waals surface area contributed by atoms with Crippen molar-refractivity contribution in [3.8, 4) is 0 Å². The molecule has 0 fully saturated rings. The summed E-state index contributed by atoms with van der Waals surface area (Å²) in [4.78, 5) is 19.3. The highest BCUT2D eigenvalue weighted by Gasteiger charge is 2.30. The molecule has 0 aliphatic carbocycles. The van der Waals surface area contributed by atoms with Gasteiger partial charge in [-0.05, 0) is 48.4 Å². The second-order valence-corrected chi connectivity index (χ2v) is 6.66. The van der Waals surface area contributed by atoms with Crippen LogP contribution in [0.3, 0.4) is 0 Å². The zero-order valence-electron chi connectivity index (χ0n) is 18.3. The van der Waals surface area contributed by atoms with Crippen LogP contribution in [-0.2, 0) is 26.8 Å². The van der Waals surface area contributed by atoms with Crippen LogP contribution in [0.15, 0.2) is 65.8 Å². The van der Waals surface area contributed by atoms with Crippen LogP contribution in [0, 0.1) is 0 Å². The number of hydrogen-bond acceptors (Lipinski definition) is 5. The Balaban J connectivity index is 0.000000365. The molecule has 0 heterocycles. The highest BCUT2D eigenvalue weighted by Crippen LogP contribution is 2.30. The van der Waals surface area contributed by atoms with Gasteiger partial charge in [0, 0.05) is 0 Å². The predicted octanol–water partition coefficient (Wildman–Crippen LogP) is 5.80. The van der Waals surface area contributed by atoms with E-state index in [1.807, 2.05) is 0 Å². The van der Waals surface area contributed by atoms with Crippen molar-refractivity contribution in [2.45, 2.75) is 19.3 Å². The predicted molar refractivity (Wildman–Crippen MR) is 118 cm³/mol. The number of nitrogens with two attached hydrogens (primary N) is 1. The van der Waals surface area contributed by atoms with Crippen molar-refractivity contribution in [3.63, 3.8) is 0 Å². The molecular formula is C23H22F6N2O4. The third-order valence-electron chi connectivity index (χ3n) is 3.92. The number of carboxylic acids is 1. The second kappa shape index (κ2) is 13.9. The molecule has 0 aromatic heterocycles. The molecule has 2 aromatic rings. The van der Waals surface area contributed by atoms with Crippen LogP contribution in [0.4, 0.5) is 26.3 Å². The number of hydrogen-bond donors (Lipinski definition) is 2. The number of aliphatic carboxylic acids is 1. The SMILES string of the molecule is CC(=NOCC=Cc1cccc(C(F)(F)F)c1)C(=O)O.NOCC=Cc1cccc(C(F)(F)F)c1. The first kappa shape index (κ1) is 29.4. The van der Waals surface area contributed by atoms with Crippen molar-refractivity contribution in [2.75, 3.05) is 13.2 Å². The molecule has 2 rings (SSSR count). The zero-order chi connectivity index (χ0) is 26.5. The maximum Gasteiger partial charge on any atom is 0.416 e. The first-order valence-corrected chi connectivity index (χ1v) is 9.73. The number of rotatable bonds is 8. The molecule has 0 aliphatic rings. The van der Waals surface area contributed by atoms with Crippen molar-refractivity contribution in [1.29, 1.82) is 0 Å². The van der Waals surface area contributed by atoms with Gasteiger partial charge in [-0.2, -0.15) is 26.3 Å². The number of carbonyl (C=O) groups is 1. The Morgan fingerprint density at radius 3 is 1.77 bits per heavy atom. The van der Waals surface area contributed by atoms with Crippen LogP contribution in [0.5, 0.6) is 0 Å². The Morgan fingerprint density at radius 2 is 1.37 bits per heavy atom. The number of oxime groups is 1. The summed E-state index contributed by atoms with van der Waals surface area (Å²) in [6.45, 7) is 1.38. The van der Waals surface area contributed by atoms with Crippen LogP contribution in [0.1, 0.15) is 29.2 Å². The summed E-state index contributed by atoms with van der Waals surface area (Å²) >= 11 is 0. The molecule has 190 valence electrons. The van der Waals surface area contributed by atoms with Gasteiger partial charge < -0.3 is 14.8 Å². The third kappa shape index (κ3) is 11.9. The molecule has 35 heavy (non-hydrogen) atoms. The average Bonchev–Trinajstić information content (AvgIpc) is 2.78. The minimum Gasteiger partial charge on any atom is -0.477 e. The van der Waals surface area contributed by atoms with Crippen molar-refractivity contribution < 1.29 is 45.9 Å². The summed E-state index contributed by atoms with van der Waals surface area (Å²) in [5.74, 6) is 3.56. The monoisotopic (exact) mass is 504 g/mol. The van der Waals surface area contributed by atoms with Crippen LogP contribution in [0.25, 0.3) is 12.2 Å². The number of alkyl halides is 6. The highest BCUT2D eigenvalue weighted by molar-refractivity contribution is 6.34. The number of nitrogens with zero attached hydrogens (tertiary/aromatic N) is 1. The molecule has 3 N–H and O–H groups in total. The molecule has 0 bridgehead atoms. The van der Waals surface area contributed by atoms with Crippen molar-refractivity contribution in [2.24, 2.45) is 11.1 Å². The van der Waals surface area contributed by atoms with Crippen LogP contribution < -0.4 is 5.90 Å². The summed E-state index contributed by atoms with van der Waals surface area (Å²) in [6.07, 6.45) is -2.77. The van der Waals surface area contributed by atoms with E-state index in [4.69, 9.17) is 11.0 Å². The Labute approximate surface area is 196 Å². The summed E-state index contributed by atoms with van der Waals surface area (Å²) in [7, 11) is 0. The van der Waals surface area contributed by atoms with E-state index in [0.29, 0.717) is 11.1 Å². The maximum atomic E-state index is 12.5. The Hall–Kier alpha value is -3.64. The van der Waals surface area contributed by atoms with Crippen molar-refractivity contribution >= 4 is 23.8 Å². The Bertz CT molecular complexity index is 1050. The van der Waals surface area contributed by atoms with Gasteiger partial charge in [0.25, 0.3) is 0 Å². The molecule has 0 saturated heterocycles. The molecule has 0 atom stereocenters. The smallest absolute Gasteiger partial charge is 0.416 e. The molecule has 0 unspecified atom stereocenters. The average molecular weight is 504 g/mol. The van der Waals surface area contributed by atoms with E-state index in [1.54, 1.807) is 6.07 Å². The largest absolute Gasteiger partial charge is 0.477 e. The molecule has 0 spiro atoms. The van der Waals surface area contributed by atoms with E-state index >= 15 is 0 Å². The van der Waals surface area contributed by atoms with Gasteiger partial charge >= 0.3 is 18.3 Å². The van der Waals surface area contributed by atoms with Crippen LogP contribution in [-0.4, -0.2) is 30.0 Å². The van der Waals surface area contributed by atoms with E-state index < -0.39 is 29.4 Å². The van der Waals surface area contributed by atoms with Gasteiger partial charge in [-0.1, -0.05) is 47.6 Å². The van der Waals surface area contributed by atoms with Crippen LogP contribution in [0.2, 0.25) is 0 Å². The first-order valence-electron chi connectivity index (χ1n) is 9.73. The lowest BCUT2D eigenvalue weighted by atomic mass is 10.1. The summed E-state index contributed by atoms with van der Waals surface area (Å²) in [5.41, 5.74) is -0.791. The Kier molecular flexibility index (Phi) is 11.7. The van der Waals surface area contributed by atoms with E-state index in [9.17, 15) is 31.1 Å². The van der Waals surface area contributed by atoms with Crippen LogP contribution >= 0.6 is 0 Å². The standard InChI is InChI=1S/C13H12F3NO3.C10H10F3NO/c1-9(12(18)19)17-20-7-3-5-10-4-2-6-11(8-10)13(14,15)16;11-10(12,13)9-5-1-3-8(7-9)4-2-6-15-14/h2-6,8H,7H2,1H3,(H,18,19);1-5,7H,6,14H2. The van der Waals surface area contributed by atoms with E-state index in [0.717, 1.165) is 24.3 Å². The summed E-state index contributed by atoms with van der Waals surface area (Å²) < 4.78 is 74.2. The summed E-state index contributed by atoms with van der Waals surface area (Å²) in [6, 6.07) is 9.81. The minimum atomic E-state index is -4.39. The van der Waals surface area contributed by atoms with Gasteiger partial charge in [-0.15, -0.1) is 0 Å². The van der Waals surface area contributed by atoms with E-state index in [-0.39, 0.29) is 18.9 Å². The fraction of sp³-hybridized carbons (Fsp3) is 0.217.